The molecule has 1 atom stereocenters. The van der Waals surface area contributed by atoms with Crippen LogP contribution in [0, 0.1) is 0 Å². The summed E-state index contributed by atoms with van der Waals surface area (Å²) >= 11 is 6.37. The summed E-state index contributed by atoms with van der Waals surface area (Å²) in [6.07, 6.45) is -0.406. The fourth-order valence-corrected chi connectivity index (χ4v) is 3.98. The Kier molecular flexibility index (Phi) is 6.59. The summed E-state index contributed by atoms with van der Waals surface area (Å²) in [4.78, 5) is 32.8. The van der Waals surface area contributed by atoms with Gasteiger partial charge in [0.1, 0.15) is 10.8 Å². The van der Waals surface area contributed by atoms with Crippen LogP contribution in [0.5, 0.6) is 0 Å². The fourth-order valence-electron chi connectivity index (χ4n) is 3.75. The average Bonchev–Trinajstić information content (AvgIpc) is 2.86. The van der Waals surface area contributed by atoms with E-state index in [0.29, 0.717) is 18.7 Å². The van der Waals surface area contributed by atoms with Crippen molar-refractivity contribution in [2.45, 2.75) is 78.2 Å². The van der Waals surface area contributed by atoms with Crippen LogP contribution in [0.15, 0.2) is 12.1 Å². The monoisotopic (exact) mass is 465 g/mol. The van der Waals surface area contributed by atoms with Crippen LogP contribution >= 0.6 is 11.6 Å². The Morgan fingerprint density at radius 1 is 1.16 bits per heavy atom. The molecule has 0 bridgehead atoms. The Labute approximate surface area is 195 Å². The highest BCUT2D eigenvalue weighted by Gasteiger charge is 2.52. The number of hydrogen-bond donors (Lipinski definition) is 0. The highest BCUT2D eigenvalue weighted by Crippen LogP contribution is 2.37. The molecule has 2 saturated heterocycles. The van der Waals surface area contributed by atoms with Crippen LogP contribution in [0.4, 0.5) is 4.79 Å². The van der Waals surface area contributed by atoms with Crippen molar-refractivity contribution in [2.24, 2.45) is 0 Å². The molecule has 1 aromatic rings. The minimum absolute atomic E-state index is 0.0797. The predicted octanol–water partition coefficient (Wildman–Crippen LogP) is 3.17. The van der Waals surface area contributed by atoms with Gasteiger partial charge < -0.3 is 23.8 Å². The maximum absolute atomic E-state index is 12.7. The second kappa shape index (κ2) is 8.50. The molecular formula is C22H33BClN3O5. The first kappa shape index (κ1) is 24.8. The van der Waals surface area contributed by atoms with Gasteiger partial charge in [-0.1, -0.05) is 11.6 Å². The van der Waals surface area contributed by atoms with Gasteiger partial charge in [-0.05, 0) is 66.2 Å². The van der Waals surface area contributed by atoms with Gasteiger partial charge in [-0.15, -0.1) is 0 Å². The third-order valence-electron chi connectivity index (χ3n) is 6.15. The largest absolute Gasteiger partial charge is 0.514 e. The quantitative estimate of drug-likeness (QED) is 0.493. The van der Waals surface area contributed by atoms with Gasteiger partial charge in [0.05, 0.1) is 22.8 Å². The van der Waals surface area contributed by atoms with Crippen LogP contribution in [-0.4, -0.2) is 70.3 Å². The average molecular weight is 466 g/mol. The number of ether oxygens (including phenoxy) is 1. The van der Waals surface area contributed by atoms with Crippen LogP contribution < -0.4 is 5.59 Å². The molecule has 32 heavy (non-hydrogen) atoms. The number of carbonyl (C=O) groups excluding carboxylic acids is 2. The van der Waals surface area contributed by atoms with E-state index in [1.165, 1.54) is 6.92 Å². The SMILES string of the molecule is CC(=O)N1CCN(C(=O)OC(C)(C)C)CC1c1cc(Cl)nc(B2OC(C)(C)C(C)(C)O2)c1. The predicted molar refractivity (Wildman–Crippen MR) is 123 cm³/mol. The van der Waals surface area contributed by atoms with E-state index in [-0.39, 0.29) is 17.6 Å². The molecule has 0 spiro atoms. The second-order valence-electron chi connectivity index (χ2n) is 10.4. The molecule has 2 fully saturated rings. The van der Waals surface area contributed by atoms with Gasteiger partial charge in [0.25, 0.3) is 0 Å². The minimum atomic E-state index is -0.686. The molecule has 2 aliphatic rings. The van der Waals surface area contributed by atoms with Crippen LogP contribution in [0.25, 0.3) is 0 Å². The van der Waals surface area contributed by atoms with Crippen molar-refractivity contribution in [3.8, 4) is 0 Å². The van der Waals surface area contributed by atoms with Crippen LogP contribution in [0.1, 0.15) is 67.0 Å². The third-order valence-corrected chi connectivity index (χ3v) is 6.35. The van der Waals surface area contributed by atoms with E-state index in [4.69, 9.17) is 25.6 Å². The topological polar surface area (TPSA) is 81.2 Å². The lowest BCUT2D eigenvalue weighted by Gasteiger charge is -2.41. The van der Waals surface area contributed by atoms with Crippen molar-refractivity contribution < 1.29 is 23.6 Å². The zero-order valence-corrected chi connectivity index (χ0v) is 20.9. The van der Waals surface area contributed by atoms with Crippen molar-refractivity contribution in [3.63, 3.8) is 0 Å². The second-order valence-corrected chi connectivity index (χ2v) is 10.8. The molecular weight excluding hydrogens is 433 g/mol. The van der Waals surface area contributed by atoms with Crippen LogP contribution in [0.2, 0.25) is 5.15 Å². The van der Waals surface area contributed by atoms with Crippen LogP contribution in [0.3, 0.4) is 0 Å². The normalized spacial score (nSPS) is 22.8. The minimum Gasteiger partial charge on any atom is -0.444 e. The number of halogens is 1. The molecule has 0 aliphatic carbocycles. The highest BCUT2D eigenvalue weighted by atomic mass is 35.5. The maximum Gasteiger partial charge on any atom is 0.514 e. The number of pyridine rings is 1. The van der Waals surface area contributed by atoms with E-state index in [9.17, 15) is 9.59 Å². The summed E-state index contributed by atoms with van der Waals surface area (Å²) in [6, 6.07) is 3.17. The molecule has 8 nitrogen and oxygen atoms in total. The Balaban J connectivity index is 1.91. The number of hydrogen-bond acceptors (Lipinski definition) is 6. The van der Waals surface area contributed by atoms with E-state index < -0.39 is 36.1 Å². The molecule has 0 aromatic carbocycles. The number of piperazine rings is 1. The summed E-state index contributed by atoms with van der Waals surface area (Å²) in [7, 11) is -0.686. The summed E-state index contributed by atoms with van der Waals surface area (Å²) in [5.74, 6) is -0.0797. The van der Waals surface area contributed by atoms with E-state index in [1.54, 1.807) is 15.9 Å². The van der Waals surface area contributed by atoms with E-state index in [0.717, 1.165) is 5.56 Å². The summed E-state index contributed by atoms with van der Waals surface area (Å²) in [5, 5.41) is 0.269. The maximum atomic E-state index is 12.7. The van der Waals surface area contributed by atoms with Crippen LogP contribution in [-0.2, 0) is 18.8 Å². The van der Waals surface area contributed by atoms with E-state index in [1.807, 2.05) is 54.5 Å². The lowest BCUT2D eigenvalue weighted by molar-refractivity contribution is -0.134. The summed E-state index contributed by atoms with van der Waals surface area (Å²) < 4.78 is 17.8. The molecule has 176 valence electrons. The first-order valence-corrected chi connectivity index (χ1v) is 11.3. The van der Waals surface area contributed by atoms with Crippen molar-refractivity contribution in [2.75, 3.05) is 19.6 Å². The van der Waals surface area contributed by atoms with Gasteiger partial charge in [-0.3, -0.25) is 4.79 Å². The number of amides is 2. The standard InChI is InChI=1S/C22H33BClN3O5/c1-14(28)27-10-9-26(19(29)30-20(2,3)4)13-16(27)15-11-17(25-18(24)12-15)23-31-21(5,6)22(7,8)32-23/h11-12,16H,9-10,13H2,1-8H3. The van der Waals surface area contributed by atoms with Crippen molar-refractivity contribution in [1.29, 1.82) is 0 Å². The number of carbonyl (C=O) groups is 2. The van der Waals surface area contributed by atoms with Gasteiger partial charge in [0.2, 0.25) is 5.91 Å². The fraction of sp³-hybridized carbons (Fsp3) is 0.682. The Morgan fingerprint density at radius 2 is 1.75 bits per heavy atom. The van der Waals surface area contributed by atoms with Gasteiger partial charge in [-0.25, -0.2) is 9.78 Å². The zero-order valence-electron chi connectivity index (χ0n) is 20.2. The lowest BCUT2D eigenvalue weighted by atomic mass is 9.82. The molecule has 0 radical (unpaired) electrons. The molecule has 2 aliphatic heterocycles. The van der Waals surface area contributed by atoms with Gasteiger partial charge >= 0.3 is 13.2 Å². The van der Waals surface area contributed by atoms with E-state index in [2.05, 4.69) is 4.98 Å². The first-order valence-electron chi connectivity index (χ1n) is 10.9. The molecule has 2 amide bonds. The van der Waals surface area contributed by atoms with Crippen molar-refractivity contribution in [1.82, 2.24) is 14.8 Å². The number of rotatable bonds is 2. The summed E-state index contributed by atoms with van der Waals surface area (Å²) in [6.45, 7) is 16.0. The molecule has 0 N–H and O–H groups in total. The summed E-state index contributed by atoms with van der Waals surface area (Å²) in [5.41, 5.74) is -0.354. The van der Waals surface area contributed by atoms with Crippen molar-refractivity contribution >= 4 is 36.3 Å². The Hall–Kier alpha value is -1.84. The van der Waals surface area contributed by atoms with Gasteiger partial charge in [0.15, 0.2) is 0 Å². The third kappa shape index (κ3) is 5.21. The van der Waals surface area contributed by atoms with Gasteiger partial charge in [0, 0.05) is 26.6 Å². The van der Waals surface area contributed by atoms with Crippen molar-refractivity contribution in [3.05, 3.63) is 22.8 Å². The Bertz CT molecular complexity index is 886. The highest BCUT2D eigenvalue weighted by molar-refractivity contribution is 6.61. The molecule has 3 heterocycles. The lowest BCUT2D eigenvalue weighted by Crippen LogP contribution is -2.53. The molecule has 0 saturated carbocycles. The number of nitrogens with zero attached hydrogens (tertiary/aromatic N) is 3. The van der Waals surface area contributed by atoms with E-state index >= 15 is 0 Å². The molecule has 1 aromatic heterocycles. The smallest absolute Gasteiger partial charge is 0.444 e. The molecule has 10 heteroatoms. The Morgan fingerprint density at radius 3 is 2.28 bits per heavy atom. The molecule has 3 rings (SSSR count). The number of aromatic nitrogens is 1. The zero-order chi connectivity index (χ0) is 24.1. The first-order chi connectivity index (χ1) is 14.6. The molecule has 1 unspecified atom stereocenters. The van der Waals surface area contributed by atoms with Gasteiger partial charge in [-0.2, -0.15) is 0 Å².